The Hall–Kier alpha value is -1.20. The number of nitrogens with zero attached hydrogens (tertiary/aromatic N) is 4. The average molecular weight is 277 g/mol. The van der Waals surface area contributed by atoms with E-state index in [9.17, 15) is 0 Å². The van der Waals surface area contributed by atoms with E-state index in [1.807, 2.05) is 6.07 Å². The standard InChI is InChI=1S/C15H27N5/c1-14(2,15(3,4)16)12-19-8-10-20(11-9-19)13-17-6-5-7-18-13/h5-7H,8-12,16H2,1-4H3. The van der Waals surface area contributed by atoms with Crippen LogP contribution in [0.25, 0.3) is 0 Å². The van der Waals surface area contributed by atoms with Crippen LogP contribution in [0.2, 0.25) is 0 Å². The second-order valence-corrected chi connectivity index (χ2v) is 6.92. The molecule has 0 unspecified atom stereocenters. The highest BCUT2D eigenvalue weighted by Gasteiger charge is 2.35. The van der Waals surface area contributed by atoms with Gasteiger partial charge in [-0.2, -0.15) is 0 Å². The summed E-state index contributed by atoms with van der Waals surface area (Å²) in [5.74, 6) is 0.838. The highest BCUT2D eigenvalue weighted by atomic mass is 15.3. The van der Waals surface area contributed by atoms with E-state index in [0.717, 1.165) is 38.7 Å². The monoisotopic (exact) mass is 277 g/mol. The number of aromatic nitrogens is 2. The Morgan fingerprint density at radius 1 is 1.05 bits per heavy atom. The molecule has 5 heteroatoms. The van der Waals surface area contributed by atoms with Gasteiger partial charge >= 0.3 is 0 Å². The van der Waals surface area contributed by atoms with Gasteiger partial charge in [-0.15, -0.1) is 0 Å². The first kappa shape index (κ1) is 15.2. The van der Waals surface area contributed by atoms with E-state index >= 15 is 0 Å². The van der Waals surface area contributed by atoms with Crippen molar-refractivity contribution in [2.24, 2.45) is 11.1 Å². The van der Waals surface area contributed by atoms with Gasteiger partial charge in [-0.05, 0) is 25.3 Å². The summed E-state index contributed by atoms with van der Waals surface area (Å²) in [7, 11) is 0. The van der Waals surface area contributed by atoms with Crippen LogP contribution in [0.5, 0.6) is 0 Å². The molecule has 0 bridgehead atoms. The highest BCUT2D eigenvalue weighted by Crippen LogP contribution is 2.29. The third-order valence-corrected chi connectivity index (χ3v) is 4.57. The van der Waals surface area contributed by atoms with Crippen LogP contribution in [0, 0.1) is 5.41 Å². The molecule has 1 aromatic rings. The van der Waals surface area contributed by atoms with Crippen molar-refractivity contribution in [2.75, 3.05) is 37.6 Å². The maximum Gasteiger partial charge on any atom is 0.225 e. The fraction of sp³-hybridized carbons (Fsp3) is 0.733. The fourth-order valence-corrected chi connectivity index (χ4v) is 2.32. The second kappa shape index (κ2) is 5.66. The SMILES string of the molecule is CC(C)(N)C(C)(C)CN1CCN(c2ncccn2)CC1. The van der Waals surface area contributed by atoms with Crippen LogP contribution < -0.4 is 10.6 Å². The fourth-order valence-electron chi connectivity index (χ4n) is 2.32. The molecule has 0 amide bonds. The quantitative estimate of drug-likeness (QED) is 0.900. The van der Waals surface area contributed by atoms with Gasteiger partial charge in [0.25, 0.3) is 0 Å². The van der Waals surface area contributed by atoms with Crippen molar-refractivity contribution in [1.29, 1.82) is 0 Å². The summed E-state index contributed by atoms with van der Waals surface area (Å²) >= 11 is 0. The predicted molar refractivity (Wildman–Crippen MR) is 82.7 cm³/mol. The Kier molecular flexibility index (Phi) is 4.30. The molecule has 0 atom stereocenters. The summed E-state index contributed by atoms with van der Waals surface area (Å²) in [5.41, 5.74) is 6.21. The first-order chi connectivity index (χ1) is 9.29. The second-order valence-electron chi connectivity index (χ2n) is 6.92. The molecule has 5 nitrogen and oxygen atoms in total. The zero-order valence-electron chi connectivity index (χ0n) is 13.1. The summed E-state index contributed by atoms with van der Waals surface area (Å²) in [6.45, 7) is 13.8. The first-order valence-corrected chi connectivity index (χ1v) is 7.33. The van der Waals surface area contributed by atoms with Crippen molar-refractivity contribution in [1.82, 2.24) is 14.9 Å². The third-order valence-electron chi connectivity index (χ3n) is 4.57. The molecule has 0 aromatic carbocycles. The summed E-state index contributed by atoms with van der Waals surface area (Å²) in [6, 6.07) is 1.85. The molecular formula is C15H27N5. The van der Waals surface area contributed by atoms with E-state index in [4.69, 9.17) is 5.73 Å². The molecule has 2 N–H and O–H groups in total. The van der Waals surface area contributed by atoms with Gasteiger partial charge in [0.2, 0.25) is 5.95 Å². The van der Waals surface area contributed by atoms with Crippen molar-refractivity contribution < 1.29 is 0 Å². The molecule has 1 fully saturated rings. The van der Waals surface area contributed by atoms with E-state index in [1.165, 1.54) is 0 Å². The van der Waals surface area contributed by atoms with Crippen molar-refractivity contribution in [3.8, 4) is 0 Å². The Morgan fingerprint density at radius 3 is 2.10 bits per heavy atom. The number of hydrogen-bond donors (Lipinski definition) is 1. The minimum absolute atomic E-state index is 0.0957. The molecule has 0 aliphatic carbocycles. The van der Waals surface area contributed by atoms with E-state index < -0.39 is 0 Å². The number of nitrogens with two attached hydrogens (primary N) is 1. The van der Waals surface area contributed by atoms with Crippen LogP contribution in [0.4, 0.5) is 5.95 Å². The lowest BCUT2D eigenvalue weighted by atomic mass is 9.75. The van der Waals surface area contributed by atoms with Crippen molar-refractivity contribution in [2.45, 2.75) is 33.2 Å². The van der Waals surface area contributed by atoms with Crippen molar-refractivity contribution >= 4 is 5.95 Å². The Morgan fingerprint density at radius 2 is 1.60 bits per heavy atom. The summed E-state index contributed by atoms with van der Waals surface area (Å²) < 4.78 is 0. The van der Waals surface area contributed by atoms with E-state index in [1.54, 1.807) is 12.4 Å². The summed E-state index contributed by atoms with van der Waals surface area (Å²) in [6.07, 6.45) is 3.60. The maximum absolute atomic E-state index is 6.29. The highest BCUT2D eigenvalue weighted by molar-refractivity contribution is 5.29. The Bertz CT molecular complexity index is 416. The zero-order chi connectivity index (χ0) is 14.8. The molecule has 1 aromatic heterocycles. The lowest BCUT2D eigenvalue weighted by Crippen LogP contribution is -2.56. The molecular weight excluding hydrogens is 250 g/mol. The van der Waals surface area contributed by atoms with Crippen molar-refractivity contribution in [3.63, 3.8) is 0 Å². The van der Waals surface area contributed by atoms with E-state index in [-0.39, 0.29) is 11.0 Å². The molecule has 0 radical (unpaired) electrons. The van der Waals surface area contributed by atoms with Crippen molar-refractivity contribution in [3.05, 3.63) is 18.5 Å². The third kappa shape index (κ3) is 3.46. The first-order valence-electron chi connectivity index (χ1n) is 7.33. The summed E-state index contributed by atoms with van der Waals surface area (Å²) in [4.78, 5) is 13.4. The molecule has 20 heavy (non-hydrogen) atoms. The van der Waals surface area contributed by atoms with Crippen LogP contribution in [0.3, 0.4) is 0 Å². The summed E-state index contributed by atoms with van der Waals surface area (Å²) in [5, 5.41) is 0. The average Bonchev–Trinajstić information content (AvgIpc) is 2.39. The molecule has 0 spiro atoms. The molecule has 2 heterocycles. The minimum Gasteiger partial charge on any atom is -0.338 e. The van der Waals surface area contributed by atoms with Gasteiger partial charge in [0.05, 0.1) is 0 Å². The van der Waals surface area contributed by atoms with Gasteiger partial charge in [-0.3, -0.25) is 4.90 Å². The van der Waals surface area contributed by atoms with Gasteiger partial charge in [-0.1, -0.05) is 13.8 Å². The van der Waals surface area contributed by atoms with Gasteiger partial charge in [0.1, 0.15) is 0 Å². The van der Waals surface area contributed by atoms with Gasteiger partial charge < -0.3 is 10.6 Å². The van der Waals surface area contributed by atoms with E-state index in [0.29, 0.717) is 0 Å². The number of hydrogen-bond acceptors (Lipinski definition) is 5. The van der Waals surface area contributed by atoms with Crippen LogP contribution in [0.15, 0.2) is 18.5 Å². The number of piperazine rings is 1. The largest absolute Gasteiger partial charge is 0.338 e. The molecule has 1 saturated heterocycles. The molecule has 0 saturated carbocycles. The normalized spacial score (nSPS) is 18.4. The zero-order valence-corrected chi connectivity index (χ0v) is 13.1. The van der Waals surface area contributed by atoms with Crippen LogP contribution in [-0.2, 0) is 0 Å². The molecule has 112 valence electrons. The van der Waals surface area contributed by atoms with Gasteiger partial charge in [0.15, 0.2) is 0 Å². The predicted octanol–water partition coefficient (Wildman–Crippen LogP) is 1.36. The lowest BCUT2D eigenvalue weighted by Gasteiger charge is -2.44. The minimum atomic E-state index is -0.174. The lowest BCUT2D eigenvalue weighted by molar-refractivity contribution is 0.109. The molecule has 1 aliphatic rings. The van der Waals surface area contributed by atoms with Gasteiger partial charge in [0, 0.05) is 50.7 Å². The number of rotatable bonds is 4. The van der Waals surface area contributed by atoms with Crippen LogP contribution in [-0.4, -0.2) is 53.1 Å². The van der Waals surface area contributed by atoms with Crippen LogP contribution in [0.1, 0.15) is 27.7 Å². The van der Waals surface area contributed by atoms with Crippen LogP contribution >= 0.6 is 0 Å². The molecule has 1 aliphatic heterocycles. The Balaban J connectivity index is 1.89. The Labute approximate surface area is 122 Å². The van der Waals surface area contributed by atoms with E-state index in [2.05, 4.69) is 47.5 Å². The molecule has 2 rings (SSSR count). The topological polar surface area (TPSA) is 58.3 Å². The van der Waals surface area contributed by atoms with Gasteiger partial charge in [-0.25, -0.2) is 9.97 Å². The maximum atomic E-state index is 6.29. The smallest absolute Gasteiger partial charge is 0.225 e. The number of anilines is 1.